The molecular weight excluding hydrogens is 131 g/mol. The number of halogens is 3. The van der Waals surface area contributed by atoms with Gasteiger partial charge in [-0.3, -0.25) is 0 Å². The summed E-state index contributed by atoms with van der Waals surface area (Å²) in [4.78, 5) is 0. The van der Waals surface area contributed by atoms with Gasteiger partial charge in [-0.1, -0.05) is 0 Å². The lowest BCUT2D eigenvalue weighted by atomic mass is 10.1. The highest BCUT2D eigenvalue weighted by molar-refractivity contribution is 4.86. The Morgan fingerprint density at radius 2 is 2.11 bits per heavy atom. The smallest absolute Gasteiger partial charge is 0.312 e. The molecule has 1 rings (SSSR count). The molecule has 0 aliphatic carbocycles. The first-order chi connectivity index (χ1) is 4.11. The third-order valence-corrected chi connectivity index (χ3v) is 1.34. The highest BCUT2D eigenvalue weighted by atomic mass is 19.4. The summed E-state index contributed by atoms with van der Waals surface area (Å²) in [5.74, 6) is -1.22. The second-order valence-corrected chi connectivity index (χ2v) is 2.06. The van der Waals surface area contributed by atoms with Crippen molar-refractivity contribution in [1.82, 2.24) is 5.32 Å². The minimum atomic E-state index is -4.04. The van der Waals surface area contributed by atoms with Gasteiger partial charge in [-0.05, 0) is 13.0 Å². The molecule has 0 spiro atoms. The van der Waals surface area contributed by atoms with Crippen molar-refractivity contribution >= 4 is 0 Å². The van der Waals surface area contributed by atoms with Gasteiger partial charge in [-0.2, -0.15) is 13.2 Å². The molecule has 1 fully saturated rings. The van der Waals surface area contributed by atoms with E-state index in [1.165, 1.54) is 0 Å². The largest absolute Gasteiger partial charge is 0.393 e. The summed E-state index contributed by atoms with van der Waals surface area (Å²) in [5, 5.41) is 2.53. The van der Waals surface area contributed by atoms with Crippen molar-refractivity contribution in [3.63, 3.8) is 0 Å². The fourth-order valence-electron chi connectivity index (χ4n) is 0.806. The predicted molar refractivity (Wildman–Crippen MR) is 26.5 cm³/mol. The van der Waals surface area contributed by atoms with Crippen LogP contribution in [0.15, 0.2) is 0 Å². The first-order valence-electron chi connectivity index (χ1n) is 2.74. The van der Waals surface area contributed by atoms with Gasteiger partial charge in [0.2, 0.25) is 0 Å². The van der Waals surface area contributed by atoms with E-state index in [9.17, 15) is 13.2 Å². The second-order valence-electron chi connectivity index (χ2n) is 2.06. The molecule has 53 valence electrons. The van der Waals surface area contributed by atoms with Gasteiger partial charge in [0.15, 0.2) is 0 Å². The number of alkyl halides is 3. The number of nitrogens with one attached hydrogen (secondary N) is 1. The average molecular weight is 138 g/mol. The van der Waals surface area contributed by atoms with Crippen molar-refractivity contribution in [1.29, 1.82) is 0 Å². The molecule has 0 aromatic rings. The zero-order chi connectivity index (χ0) is 6.91. The van der Waals surface area contributed by atoms with Crippen LogP contribution in [-0.2, 0) is 0 Å². The molecule has 1 aliphatic heterocycles. The highest BCUT2D eigenvalue weighted by Gasteiger charge is 2.41. The molecule has 0 bridgehead atoms. The molecule has 0 saturated carbocycles. The summed E-state index contributed by atoms with van der Waals surface area (Å²) >= 11 is 0. The standard InChI is InChI=1S/C5H7F3N/c6-5(7,8)4-1-2-9-3-4/h3-4,9H,1-2H2. The van der Waals surface area contributed by atoms with Crippen LogP contribution in [0.1, 0.15) is 6.42 Å². The summed E-state index contributed by atoms with van der Waals surface area (Å²) in [6, 6.07) is 0. The van der Waals surface area contributed by atoms with E-state index in [-0.39, 0.29) is 6.42 Å². The number of hydrogen-bond acceptors (Lipinski definition) is 1. The molecule has 1 saturated heterocycles. The molecule has 1 N–H and O–H groups in total. The van der Waals surface area contributed by atoms with E-state index in [0.29, 0.717) is 6.54 Å². The lowest BCUT2D eigenvalue weighted by Gasteiger charge is -2.11. The first kappa shape index (κ1) is 6.86. The topological polar surface area (TPSA) is 12.0 Å². The summed E-state index contributed by atoms with van der Waals surface area (Å²) < 4.78 is 35.1. The number of rotatable bonds is 0. The van der Waals surface area contributed by atoms with Crippen molar-refractivity contribution in [2.75, 3.05) is 6.54 Å². The SMILES string of the molecule is FC(F)(F)C1[CH]NCC1. The van der Waals surface area contributed by atoms with Gasteiger partial charge in [-0.15, -0.1) is 0 Å². The molecule has 9 heavy (non-hydrogen) atoms. The molecule has 1 radical (unpaired) electrons. The normalized spacial score (nSPS) is 29.0. The highest BCUT2D eigenvalue weighted by Crippen LogP contribution is 2.31. The maximum absolute atomic E-state index is 11.7. The van der Waals surface area contributed by atoms with Gasteiger partial charge in [0.05, 0.1) is 5.92 Å². The Morgan fingerprint density at radius 3 is 2.33 bits per heavy atom. The molecule has 4 heteroatoms. The van der Waals surface area contributed by atoms with Crippen LogP contribution in [0, 0.1) is 12.5 Å². The van der Waals surface area contributed by atoms with E-state index in [2.05, 4.69) is 5.32 Å². The molecule has 0 aromatic carbocycles. The number of hydrogen-bond donors (Lipinski definition) is 1. The van der Waals surface area contributed by atoms with Crippen molar-refractivity contribution in [3.05, 3.63) is 6.54 Å². The quantitative estimate of drug-likeness (QED) is 0.532. The second kappa shape index (κ2) is 2.17. The Hall–Kier alpha value is -0.250. The van der Waals surface area contributed by atoms with Crippen molar-refractivity contribution < 1.29 is 13.2 Å². The van der Waals surface area contributed by atoms with Crippen LogP contribution in [0.5, 0.6) is 0 Å². The zero-order valence-electron chi connectivity index (χ0n) is 4.70. The van der Waals surface area contributed by atoms with E-state index >= 15 is 0 Å². The summed E-state index contributed by atoms with van der Waals surface area (Å²) in [6.07, 6.45) is -3.85. The van der Waals surface area contributed by atoms with Crippen molar-refractivity contribution in [2.45, 2.75) is 12.6 Å². The van der Waals surface area contributed by atoms with Crippen LogP contribution >= 0.6 is 0 Å². The van der Waals surface area contributed by atoms with E-state index < -0.39 is 12.1 Å². The van der Waals surface area contributed by atoms with Crippen LogP contribution in [0.3, 0.4) is 0 Å². The molecule has 0 amide bonds. The van der Waals surface area contributed by atoms with Gasteiger partial charge in [0, 0.05) is 6.54 Å². The monoisotopic (exact) mass is 138 g/mol. The Balaban J connectivity index is 2.42. The Labute approximate surface area is 51.2 Å². The Bertz CT molecular complexity index is 92.9. The molecule has 1 aliphatic rings. The van der Waals surface area contributed by atoms with E-state index in [1.54, 1.807) is 0 Å². The minimum Gasteiger partial charge on any atom is -0.312 e. The molecule has 1 heterocycles. The summed E-state index contributed by atoms with van der Waals surface area (Å²) in [5.41, 5.74) is 0. The first-order valence-corrected chi connectivity index (χ1v) is 2.74. The van der Waals surface area contributed by atoms with Crippen molar-refractivity contribution in [3.8, 4) is 0 Å². The van der Waals surface area contributed by atoms with Gasteiger partial charge in [0.1, 0.15) is 0 Å². The third-order valence-electron chi connectivity index (χ3n) is 1.34. The third kappa shape index (κ3) is 1.58. The lowest BCUT2D eigenvalue weighted by Crippen LogP contribution is -2.21. The molecular formula is C5H7F3N. The molecule has 1 unspecified atom stereocenters. The lowest BCUT2D eigenvalue weighted by molar-refractivity contribution is -0.163. The van der Waals surface area contributed by atoms with Crippen molar-refractivity contribution in [2.24, 2.45) is 5.92 Å². The predicted octanol–water partition coefficient (Wildman–Crippen LogP) is 1.32. The van der Waals surface area contributed by atoms with Gasteiger partial charge >= 0.3 is 6.18 Å². The van der Waals surface area contributed by atoms with Gasteiger partial charge in [0.25, 0.3) is 0 Å². The van der Waals surface area contributed by atoms with E-state index in [0.717, 1.165) is 6.54 Å². The van der Waals surface area contributed by atoms with Crippen LogP contribution < -0.4 is 5.32 Å². The maximum Gasteiger partial charge on any atom is 0.393 e. The molecule has 1 atom stereocenters. The molecule has 0 aromatic heterocycles. The maximum atomic E-state index is 11.7. The fraction of sp³-hybridized carbons (Fsp3) is 0.800. The Morgan fingerprint density at radius 1 is 1.44 bits per heavy atom. The Kier molecular flexibility index (Phi) is 1.66. The van der Waals surface area contributed by atoms with Crippen LogP contribution in [0.25, 0.3) is 0 Å². The van der Waals surface area contributed by atoms with Crippen LogP contribution in [-0.4, -0.2) is 12.7 Å². The molecule has 1 nitrogen and oxygen atoms in total. The van der Waals surface area contributed by atoms with Gasteiger partial charge < -0.3 is 5.32 Å². The van der Waals surface area contributed by atoms with Gasteiger partial charge in [-0.25, -0.2) is 0 Å². The minimum absolute atomic E-state index is 0.184. The zero-order valence-corrected chi connectivity index (χ0v) is 4.70. The van der Waals surface area contributed by atoms with Crippen LogP contribution in [0.2, 0.25) is 0 Å². The summed E-state index contributed by atoms with van der Waals surface area (Å²) in [6.45, 7) is 1.56. The van der Waals surface area contributed by atoms with E-state index in [4.69, 9.17) is 0 Å². The summed E-state index contributed by atoms with van der Waals surface area (Å²) in [7, 11) is 0. The fourth-order valence-corrected chi connectivity index (χ4v) is 0.806. The van der Waals surface area contributed by atoms with E-state index in [1.807, 2.05) is 0 Å². The average Bonchev–Trinajstić information content (AvgIpc) is 2.08. The van der Waals surface area contributed by atoms with Crippen LogP contribution in [0.4, 0.5) is 13.2 Å².